The van der Waals surface area contributed by atoms with Crippen LogP contribution in [-0.2, 0) is 6.54 Å². The van der Waals surface area contributed by atoms with Crippen LogP contribution in [-0.4, -0.2) is 27.8 Å². The van der Waals surface area contributed by atoms with E-state index in [1.807, 2.05) is 11.6 Å². The zero-order chi connectivity index (χ0) is 14.8. The Morgan fingerprint density at radius 3 is 2.48 bits per heavy atom. The zero-order valence-electron chi connectivity index (χ0n) is 12.3. The number of hydrogen-bond acceptors (Lipinski definition) is 3. The number of piperidine rings is 1. The lowest BCUT2D eigenvalue weighted by Crippen LogP contribution is -2.34. The molecule has 21 heavy (non-hydrogen) atoms. The third kappa shape index (κ3) is 3.06. The van der Waals surface area contributed by atoms with Gasteiger partial charge in [0.25, 0.3) is 0 Å². The molecule has 0 aliphatic carbocycles. The van der Waals surface area contributed by atoms with Gasteiger partial charge in [0.1, 0.15) is 10.8 Å². The summed E-state index contributed by atoms with van der Waals surface area (Å²) in [5, 5.41) is 5.08. The number of anilines is 1. The maximum absolute atomic E-state index is 6.13. The second-order valence-electron chi connectivity index (χ2n) is 5.72. The van der Waals surface area contributed by atoms with E-state index in [0.717, 1.165) is 38.2 Å². The number of rotatable bonds is 3. The van der Waals surface area contributed by atoms with E-state index in [4.69, 9.17) is 17.3 Å². The van der Waals surface area contributed by atoms with Crippen LogP contribution in [0.2, 0.25) is 5.02 Å². The summed E-state index contributed by atoms with van der Waals surface area (Å²) in [4.78, 5) is 2.49. The lowest BCUT2D eigenvalue weighted by atomic mass is 10.0. The molecule has 0 saturated carbocycles. The molecule has 1 saturated heterocycles. The maximum atomic E-state index is 6.13. The predicted octanol–water partition coefficient (Wildman–Crippen LogP) is 3.26. The molecular weight excluding hydrogens is 284 g/mol. The smallest absolute Gasteiger partial charge is 0.141 e. The van der Waals surface area contributed by atoms with Crippen molar-refractivity contribution in [1.82, 2.24) is 14.7 Å². The lowest BCUT2D eigenvalue weighted by Gasteiger charge is -2.32. The van der Waals surface area contributed by atoms with Gasteiger partial charge in [-0.2, -0.15) is 5.10 Å². The van der Waals surface area contributed by atoms with Gasteiger partial charge in [-0.05, 0) is 25.3 Å². The quantitative estimate of drug-likeness (QED) is 0.946. The molecule has 2 N–H and O–H groups in total. The van der Waals surface area contributed by atoms with Crippen molar-refractivity contribution < 1.29 is 0 Å². The molecule has 0 bridgehead atoms. The van der Waals surface area contributed by atoms with Crippen LogP contribution in [0.15, 0.2) is 30.3 Å². The van der Waals surface area contributed by atoms with Crippen LogP contribution in [0.1, 0.15) is 30.1 Å². The highest BCUT2D eigenvalue weighted by Crippen LogP contribution is 2.30. The summed E-state index contributed by atoms with van der Waals surface area (Å²) in [6.45, 7) is 5.05. The van der Waals surface area contributed by atoms with Crippen LogP contribution in [0, 0.1) is 6.92 Å². The van der Waals surface area contributed by atoms with Crippen LogP contribution < -0.4 is 5.73 Å². The number of halogens is 1. The van der Waals surface area contributed by atoms with E-state index in [-0.39, 0.29) is 0 Å². The average Bonchev–Trinajstić information content (AvgIpc) is 2.77. The van der Waals surface area contributed by atoms with Crippen molar-refractivity contribution >= 4 is 17.4 Å². The van der Waals surface area contributed by atoms with Crippen molar-refractivity contribution in [1.29, 1.82) is 0 Å². The minimum atomic E-state index is 0.364. The molecule has 1 aliphatic rings. The highest BCUT2D eigenvalue weighted by Gasteiger charge is 2.24. The number of nitrogens with two attached hydrogens (primary N) is 1. The van der Waals surface area contributed by atoms with Gasteiger partial charge in [-0.25, -0.2) is 4.68 Å². The van der Waals surface area contributed by atoms with Gasteiger partial charge in [0.15, 0.2) is 0 Å². The van der Waals surface area contributed by atoms with Crippen molar-refractivity contribution in [3.63, 3.8) is 0 Å². The molecule has 1 aromatic heterocycles. The number of aryl methyl sites for hydroxylation is 1. The Bertz CT molecular complexity index is 600. The highest BCUT2D eigenvalue weighted by atomic mass is 35.5. The van der Waals surface area contributed by atoms with E-state index in [0.29, 0.717) is 16.9 Å². The molecule has 1 aliphatic heterocycles. The molecular formula is C16H21ClN4. The summed E-state index contributed by atoms with van der Waals surface area (Å²) >= 11 is 6.13. The van der Waals surface area contributed by atoms with Gasteiger partial charge in [-0.15, -0.1) is 0 Å². The van der Waals surface area contributed by atoms with Gasteiger partial charge in [-0.1, -0.05) is 41.9 Å². The Morgan fingerprint density at radius 2 is 1.90 bits per heavy atom. The standard InChI is InChI=1S/C16H21ClN4/c1-12-15(17)16(18)21(19-12)14-7-9-20(10-8-14)11-13-5-3-2-4-6-13/h2-6,14H,7-11,18H2,1H3. The van der Waals surface area contributed by atoms with Crippen molar-refractivity contribution in [3.05, 3.63) is 46.6 Å². The van der Waals surface area contributed by atoms with Crippen molar-refractivity contribution in [3.8, 4) is 0 Å². The first kappa shape index (κ1) is 14.4. The third-order valence-electron chi connectivity index (χ3n) is 4.20. The lowest BCUT2D eigenvalue weighted by molar-refractivity contribution is 0.174. The summed E-state index contributed by atoms with van der Waals surface area (Å²) in [7, 11) is 0. The largest absolute Gasteiger partial charge is 0.383 e. The summed E-state index contributed by atoms with van der Waals surface area (Å²) in [6, 6.07) is 11.0. The Morgan fingerprint density at radius 1 is 1.24 bits per heavy atom. The molecule has 4 nitrogen and oxygen atoms in total. The third-order valence-corrected chi connectivity index (χ3v) is 4.67. The Balaban J connectivity index is 1.61. The fourth-order valence-corrected chi connectivity index (χ4v) is 3.11. The van der Waals surface area contributed by atoms with Gasteiger partial charge >= 0.3 is 0 Å². The molecule has 0 unspecified atom stereocenters. The number of hydrogen-bond donors (Lipinski definition) is 1. The van der Waals surface area contributed by atoms with Crippen LogP contribution in [0.5, 0.6) is 0 Å². The van der Waals surface area contributed by atoms with Crippen LogP contribution >= 0.6 is 11.6 Å². The van der Waals surface area contributed by atoms with Crippen LogP contribution in [0.3, 0.4) is 0 Å². The first-order valence-corrected chi connectivity index (χ1v) is 7.79. The second kappa shape index (κ2) is 6.08. The molecule has 0 amide bonds. The zero-order valence-corrected chi connectivity index (χ0v) is 13.1. The van der Waals surface area contributed by atoms with E-state index >= 15 is 0 Å². The summed E-state index contributed by atoms with van der Waals surface area (Å²) in [5.74, 6) is 0.607. The van der Waals surface area contributed by atoms with E-state index in [1.165, 1.54) is 5.56 Å². The molecule has 5 heteroatoms. The number of nitrogens with zero attached hydrogens (tertiary/aromatic N) is 3. The molecule has 0 radical (unpaired) electrons. The molecule has 1 fully saturated rings. The molecule has 2 heterocycles. The van der Waals surface area contributed by atoms with Crippen molar-refractivity contribution in [2.45, 2.75) is 32.4 Å². The van der Waals surface area contributed by atoms with Gasteiger partial charge < -0.3 is 5.73 Å². The molecule has 2 aromatic rings. The number of benzene rings is 1. The first-order chi connectivity index (χ1) is 10.1. The van der Waals surface area contributed by atoms with Crippen LogP contribution in [0.25, 0.3) is 0 Å². The van der Waals surface area contributed by atoms with Gasteiger partial charge in [0.05, 0.1) is 11.7 Å². The topological polar surface area (TPSA) is 47.1 Å². The molecule has 0 spiro atoms. The Kier molecular flexibility index (Phi) is 4.17. The fourth-order valence-electron chi connectivity index (χ4n) is 2.99. The minimum Gasteiger partial charge on any atom is -0.383 e. The molecule has 1 aromatic carbocycles. The van der Waals surface area contributed by atoms with Crippen LogP contribution in [0.4, 0.5) is 5.82 Å². The van der Waals surface area contributed by atoms with E-state index in [2.05, 4.69) is 40.3 Å². The first-order valence-electron chi connectivity index (χ1n) is 7.41. The fraction of sp³-hybridized carbons (Fsp3) is 0.438. The summed E-state index contributed by atoms with van der Waals surface area (Å²) < 4.78 is 1.91. The Labute approximate surface area is 130 Å². The summed E-state index contributed by atoms with van der Waals surface area (Å²) in [6.07, 6.45) is 2.13. The normalized spacial score (nSPS) is 17.2. The summed E-state index contributed by atoms with van der Waals surface area (Å²) in [5.41, 5.74) is 8.24. The van der Waals surface area contributed by atoms with Gasteiger partial charge in [0, 0.05) is 19.6 Å². The Hall–Kier alpha value is -1.52. The monoisotopic (exact) mass is 304 g/mol. The van der Waals surface area contributed by atoms with Crippen molar-refractivity contribution in [2.24, 2.45) is 0 Å². The highest BCUT2D eigenvalue weighted by molar-refractivity contribution is 6.33. The maximum Gasteiger partial charge on any atom is 0.141 e. The number of likely N-dealkylation sites (tertiary alicyclic amines) is 1. The van der Waals surface area contributed by atoms with Gasteiger partial charge in [-0.3, -0.25) is 4.90 Å². The van der Waals surface area contributed by atoms with E-state index in [1.54, 1.807) is 0 Å². The van der Waals surface area contributed by atoms with E-state index in [9.17, 15) is 0 Å². The SMILES string of the molecule is Cc1nn(C2CCN(Cc3ccccc3)CC2)c(N)c1Cl. The molecule has 3 rings (SSSR count). The molecule has 0 atom stereocenters. The number of nitrogen functional groups attached to an aromatic ring is 1. The average molecular weight is 305 g/mol. The van der Waals surface area contributed by atoms with Gasteiger partial charge in [0.2, 0.25) is 0 Å². The van der Waals surface area contributed by atoms with E-state index < -0.39 is 0 Å². The number of aromatic nitrogens is 2. The molecule has 112 valence electrons. The minimum absolute atomic E-state index is 0.364. The van der Waals surface area contributed by atoms with Crippen molar-refractivity contribution in [2.75, 3.05) is 18.8 Å². The second-order valence-corrected chi connectivity index (χ2v) is 6.10. The predicted molar refractivity (Wildman–Crippen MR) is 86.4 cm³/mol.